The zero-order valence-electron chi connectivity index (χ0n) is 23.9. The molecule has 0 aliphatic heterocycles. The first kappa shape index (κ1) is 33.3. The van der Waals surface area contributed by atoms with Crippen LogP contribution in [0.15, 0.2) is 72.8 Å². The van der Waals surface area contributed by atoms with Crippen LogP contribution in [0.25, 0.3) is 0 Å². The maximum Gasteiger partial charge on any atom is 0.304 e. The van der Waals surface area contributed by atoms with Crippen LogP contribution < -0.4 is 9.62 Å². The number of hydrogen-bond acceptors (Lipinski definition) is 4. The Morgan fingerprint density at radius 2 is 1.55 bits per heavy atom. The van der Waals surface area contributed by atoms with Crippen molar-refractivity contribution >= 4 is 50.9 Å². The van der Waals surface area contributed by atoms with Gasteiger partial charge in [0, 0.05) is 33.6 Å². The summed E-state index contributed by atoms with van der Waals surface area (Å²) < 4.78 is 42.3. The molecule has 12 heteroatoms. The Hall–Kier alpha value is -3.18. The number of nitrogens with zero attached hydrogens (tertiary/aromatic N) is 3. The number of rotatable bonds is 13. The molecule has 0 aromatic heterocycles. The molecule has 0 unspecified atom stereocenters. The maximum absolute atomic E-state index is 14.2. The van der Waals surface area contributed by atoms with E-state index in [0.717, 1.165) is 26.3 Å². The molecule has 3 rings (SSSR count). The van der Waals surface area contributed by atoms with Gasteiger partial charge in [0.25, 0.3) is 0 Å². The predicted octanol–water partition coefficient (Wildman–Crippen LogP) is 5.16. The van der Waals surface area contributed by atoms with E-state index in [1.807, 2.05) is 44.2 Å². The molecule has 0 spiro atoms. The van der Waals surface area contributed by atoms with Gasteiger partial charge in [0.1, 0.15) is 18.4 Å². The molecule has 3 aromatic carbocycles. The summed E-state index contributed by atoms with van der Waals surface area (Å²) in [6, 6.07) is 17.9. The fourth-order valence-corrected chi connectivity index (χ4v) is 5.51. The average molecular weight is 638 g/mol. The number of benzene rings is 3. The fourth-order valence-electron chi connectivity index (χ4n) is 4.14. The molecule has 226 valence electrons. The summed E-state index contributed by atoms with van der Waals surface area (Å²) in [5, 5.41) is 3.52. The predicted molar refractivity (Wildman–Crippen MR) is 165 cm³/mol. The summed E-state index contributed by atoms with van der Waals surface area (Å²) >= 11 is 12.4. The van der Waals surface area contributed by atoms with Gasteiger partial charge >= 0.3 is 10.2 Å². The topological polar surface area (TPSA) is 90.0 Å². The van der Waals surface area contributed by atoms with E-state index in [2.05, 4.69) is 5.32 Å². The van der Waals surface area contributed by atoms with Crippen LogP contribution in [0.3, 0.4) is 0 Å². The number of carbonyl (C=O) groups is 2. The first-order valence-corrected chi connectivity index (χ1v) is 15.5. The van der Waals surface area contributed by atoms with Crippen molar-refractivity contribution in [1.29, 1.82) is 0 Å². The van der Waals surface area contributed by atoms with Gasteiger partial charge in [0.2, 0.25) is 11.8 Å². The Morgan fingerprint density at radius 1 is 0.905 bits per heavy atom. The summed E-state index contributed by atoms with van der Waals surface area (Å²) in [4.78, 5) is 29.2. The van der Waals surface area contributed by atoms with Crippen LogP contribution >= 0.6 is 23.2 Å². The zero-order valence-corrected chi connectivity index (χ0v) is 26.3. The second-order valence-corrected chi connectivity index (χ2v) is 13.3. The summed E-state index contributed by atoms with van der Waals surface area (Å²) in [6.45, 7) is 3.60. The molecule has 0 radical (unpaired) electrons. The van der Waals surface area contributed by atoms with E-state index in [-0.39, 0.29) is 35.5 Å². The molecule has 1 atom stereocenters. The highest BCUT2D eigenvalue weighted by atomic mass is 35.5. The van der Waals surface area contributed by atoms with Gasteiger partial charge in [-0.15, -0.1) is 0 Å². The summed E-state index contributed by atoms with van der Waals surface area (Å²) in [5.41, 5.74) is 1.50. The molecular formula is C30H35Cl2FN4O4S. The molecule has 0 saturated carbocycles. The number of carbonyl (C=O) groups excluding carboxylic acids is 2. The van der Waals surface area contributed by atoms with Crippen LogP contribution in [0.5, 0.6) is 0 Å². The number of anilines is 1. The second-order valence-electron chi connectivity index (χ2n) is 10.4. The summed E-state index contributed by atoms with van der Waals surface area (Å²) in [6.07, 6.45) is 0.175. The third-order valence-electron chi connectivity index (χ3n) is 6.43. The minimum absolute atomic E-state index is 0.0540. The van der Waals surface area contributed by atoms with Gasteiger partial charge in [-0.05, 0) is 53.4 Å². The van der Waals surface area contributed by atoms with Crippen molar-refractivity contribution in [3.05, 3.63) is 99.8 Å². The monoisotopic (exact) mass is 636 g/mol. The summed E-state index contributed by atoms with van der Waals surface area (Å²) in [5.74, 6) is -1.43. The number of halogens is 3. The Bertz CT molecular complexity index is 1470. The highest BCUT2D eigenvalue weighted by Gasteiger charge is 2.34. The quantitative estimate of drug-likeness (QED) is 0.281. The van der Waals surface area contributed by atoms with E-state index >= 15 is 0 Å². The third kappa shape index (κ3) is 8.91. The van der Waals surface area contributed by atoms with Crippen LogP contribution in [-0.2, 0) is 32.8 Å². The summed E-state index contributed by atoms with van der Waals surface area (Å²) in [7, 11) is -1.52. The number of hydrogen-bond donors (Lipinski definition) is 1. The molecule has 0 heterocycles. The van der Waals surface area contributed by atoms with Gasteiger partial charge in [-0.1, -0.05) is 73.4 Å². The lowest BCUT2D eigenvalue weighted by Crippen LogP contribution is -2.54. The van der Waals surface area contributed by atoms with Crippen molar-refractivity contribution in [2.75, 3.05) is 31.5 Å². The van der Waals surface area contributed by atoms with Crippen molar-refractivity contribution in [2.45, 2.75) is 32.9 Å². The van der Waals surface area contributed by atoms with Crippen molar-refractivity contribution in [3.63, 3.8) is 0 Å². The SMILES string of the molecule is CC(C)CNC(=O)[C@H](Cc1ccccc1)N(Cc1ccc(Cl)c(Cl)c1)C(=O)CN(c1ccc(F)cc1)S(=O)(=O)N(C)C. The first-order valence-electron chi connectivity index (χ1n) is 13.3. The van der Waals surface area contributed by atoms with Gasteiger partial charge in [-0.25, -0.2) is 8.70 Å². The number of amides is 2. The van der Waals surface area contributed by atoms with E-state index in [4.69, 9.17) is 23.2 Å². The maximum atomic E-state index is 14.2. The van der Waals surface area contributed by atoms with E-state index < -0.39 is 34.5 Å². The second kappa shape index (κ2) is 14.8. The lowest BCUT2D eigenvalue weighted by Gasteiger charge is -2.34. The van der Waals surface area contributed by atoms with Crippen molar-refractivity contribution in [2.24, 2.45) is 5.92 Å². The molecule has 0 saturated heterocycles. The van der Waals surface area contributed by atoms with Crippen molar-refractivity contribution in [1.82, 2.24) is 14.5 Å². The molecule has 0 aliphatic rings. The molecular weight excluding hydrogens is 602 g/mol. The van der Waals surface area contributed by atoms with Crippen LogP contribution in [0.1, 0.15) is 25.0 Å². The van der Waals surface area contributed by atoms with Crippen LogP contribution in [0.2, 0.25) is 10.0 Å². The van der Waals surface area contributed by atoms with Gasteiger partial charge in [-0.2, -0.15) is 12.7 Å². The molecule has 1 N–H and O–H groups in total. The Balaban J connectivity index is 2.10. The van der Waals surface area contributed by atoms with E-state index in [1.165, 1.54) is 31.1 Å². The zero-order chi connectivity index (χ0) is 31.0. The average Bonchev–Trinajstić information content (AvgIpc) is 2.95. The van der Waals surface area contributed by atoms with Gasteiger partial charge < -0.3 is 10.2 Å². The molecule has 2 amide bonds. The van der Waals surface area contributed by atoms with Crippen molar-refractivity contribution < 1.29 is 22.4 Å². The molecule has 3 aromatic rings. The number of nitrogens with one attached hydrogen (secondary N) is 1. The van der Waals surface area contributed by atoms with E-state index in [9.17, 15) is 22.4 Å². The smallest absolute Gasteiger partial charge is 0.304 e. The minimum atomic E-state index is -4.19. The Morgan fingerprint density at radius 3 is 2.12 bits per heavy atom. The fraction of sp³-hybridized carbons (Fsp3) is 0.333. The van der Waals surface area contributed by atoms with Crippen molar-refractivity contribution in [3.8, 4) is 0 Å². The largest absolute Gasteiger partial charge is 0.354 e. The van der Waals surface area contributed by atoms with Gasteiger partial charge in [0.15, 0.2) is 0 Å². The van der Waals surface area contributed by atoms with Crippen LogP contribution in [0, 0.1) is 11.7 Å². The lowest BCUT2D eigenvalue weighted by molar-refractivity contribution is -0.140. The normalized spacial score (nSPS) is 12.3. The first-order chi connectivity index (χ1) is 19.8. The van der Waals surface area contributed by atoms with E-state index in [0.29, 0.717) is 17.1 Å². The third-order valence-corrected chi connectivity index (χ3v) is 8.98. The van der Waals surface area contributed by atoms with E-state index in [1.54, 1.807) is 18.2 Å². The van der Waals surface area contributed by atoms with Gasteiger partial charge in [0.05, 0.1) is 15.7 Å². The van der Waals surface area contributed by atoms with Gasteiger partial charge in [-0.3, -0.25) is 9.59 Å². The Labute approximate surface area is 257 Å². The molecule has 8 nitrogen and oxygen atoms in total. The standard InChI is InChI=1S/C30H35Cl2FN4O4S/c1-21(2)18-34-30(39)28(17-22-8-6-5-7-9-22)36(19-23-10-15-26(31)27(32)16-23)29(38)20-37(42(40,41)35(3)4)25-13-11-24(33)12-14-25/h5-16,21,28H,17-20H2,1-4H3,(H,34,39)/t28-/m0/s1. The highest BCUT2D eigenvalue weighted by Crippen LogP contribution is 2.26. The van der Waals surface area contributed by atoms with Crippen LogP contribution in [0.4, 0.5) is 10.1 Å². The molecule has 0 bridgehead atoms. The molecule has 0 fully saturated rings. The molecule has 42 heavy (non-hydrogen) atoms. The lowest BCUT2D eigenvalue weighted by atomic mass is 10.0. The molecule has 0 aliphatic carbocycles. The van der Waals surface area contributed by atoms with Crippen LogP contribution in [-0.4, -0.2) is 62.7 Å². The minimum Gasteiger partial charge on any atom is -0.354 e. The highest BCUT2D eigenvalue weighted by molar-refractivity contribution is 7.90. The Kier molecular flexibility index (Phi) is 11.8.